The first kappa shape index (κ1) is 15.0. The van der Waals surface area contributed by atoms with Crippen molar-refractivity contribution in [2.24, 2.45) is 0 Å². The first-order valence-corrected chi connectivity index (χ1v) is 7.62. The van der Waals surface area contributed by atoms with Crippen molar-refractivity contribution >= 4 is 17.5 Å². The number of rotatable bonds is 4. The molecule has 0 spiro atoms. The second-order valence-corrected chi connectivity index (χ2v) is 5.72. The highest BCUT2D eigenvalue weighted by Gasteiger charge is 2.18. The number of hydrogen-bond donors (Lipinski definition) is 1. The smallest absolute Gasteiger partial charge is 0.273 e. The fourth-order valence-corrected chi connectivity index (χ4v) is 2.48. The molecule has 2 aromatic rings. The van der Waals surface area contributed by atoms with Crippen LogP contribution in [0.3, 0.4) is 0 Å². The Hall–Kier alpha value is -1.92. The summed E-state index contributed by atoms with van der Waals surface area (Å²) in [6, 6.07) is 7.65. The van der Waals surface area contributed by atoms with Gasteiger partial charge in [0.15, 0.2) is 5.69 Å². The van der Waals surface area contributed by atoms with Crippen molar-refractivity contribution in [3.8, 4) is 0 Å². The lowest BCUT2D eigenvalue weighted by molar-refractivity contribution is 0.0694. The third-order valence-corrected chi connectivity index (χ3v) is 3.84. The fourth-order valence-electron chi connectivity index (χ4n) is 2.36. The molecule has 1 saturated heterocycles. The zero-order valence-electron chi connectivity index (χ0n) is 12.0. The summed E-state index contributed by atoms with van der Waals surface area (Å²) in [6.07, 6.45) is 3.33. The van der Waals surface area contributed by atoms with Crippen LogP contribution in [0.5, 0.6) is 0 Å². The normalized spacial score (nSPS) is 15.7. The molecular formula is C15H17ClN4O2. The van der Waals surface area contributed by atoms with Crippen molar-refractivity contribution in [2.75, 3.05) is 13.2 Å². The summed E-state index contributed by atoms with van der Waals surface area (Å²) >= 11 is 5.86. The molecule has 116 valence electrons. The lowest BCUT2D eigenvalue weighted by Gasteiger charge is -2.22. The number of ether oxygens (including phenoxy) is 1. The summed E-state index contributed by atoms with van der Waals surface area (Å²) < 4.78 is 6.91. The van der Waals surface area contributed by atoms with Crippen molar-refractivity contribution in [1.82, 2.24) is 20.3 Å². The number of halogens is 1. The van der Waals surface area contributed by atoms with E-state index in [-0.39, 0.29) is 11.9 Å². The number of nitrogens with zero attached hydrogens (tertiary/aromatic N) is 3. The third-order valence-electron chi connectivity index (χ3n) is 3.59. The lowest BCUT2D eigenvalue weighted by Crippen LogP contribution is -2.39. The number of carbonyl (C=O) groups excluding carboxylic acids is 1. The van der Waals surface area contributed by atoms with Crippen molar-refractivity contribution in [1.29, 1.82) is 0 Å². The Labute approximate surface area is 133 Å². The number of carbonyl (C=O) groups is 1. The number of nitrogens with one attached hydrogen (secondary N) is 1. The first-order chi connectivity index (χ1) is 10.7. The standard InChI is InChI=1S/C15H17ClN4O2/c16-12-3-1-11(2-4-12)9-20-10-14(18-19-20)15(21)17-13-5-7-22-8-6-13/h1-4,10,13H,5-9H2,(H,17,21). The predicted octanol–water partition coefficient (Wildman–Crippen LogP) is 1.89. The van der Waals surface area contributed by atoms with Gasteiger partial charge in [0.2, 0.25) is 0 Å². The molecule has 7 heteroatoms. The summed E-state index contributed by atoms with van der Waals surface area (Å²) in [6.45, 7) is 1.93. The van der Waals surface area contributed by atoms with Crippen molar-refractivity contribution in [3.63, 3.8) is 0 Å². The zero-order chi connectivity index (χ0) is 15.4. The Bertz CT molecular complexity index is 635. The van der Waals surface area contributed by atoms with Gasteiger partial charge in [-0.3, -0.25) is 4.79 Å². The second kappa shape index (κ2) is 6.89. The summed E-state index contributed by atoms with van der Waals surface area (Å²) in [7, 11) is 0. The topological polar surface area (TPSA) is 69.0 Å². The molecule has 2 heterocycles. The molecule has 1 aromatic carbocycles. The molecule has 3 rings (SSSR count). The van der Waals surface area contributed by atoms with Crippen LogP contribution in [0, 0.1) is 0 Å². The Kier molecular flexibility index (Phi) is 4.70. The van der Waals surface area contributed by atoms with E-state index in [0.29, 0.717) is 30.5 Å². The van der Waals surface area contributed by atoms with Crippen molar-refractivity contribution in [3.05, 3.63) is 46.7 Å². The van der Waals surface area contributed by atoms with Gasteiger partial charge in [-0.2, -0.15) is 0 Å². The van der Waals surface area contributed by atoms with E-state index >= 15 is 0 Å². The molecule has 1 aliphatic heterocycles. The van der Waals surface area contributed by atoms with E-state index in [4.69, 9.17) is 16.3 Å². The van der Waals surface area contributed by atoms with E-state index in [9.17, 15) is 4.79 Å². The maximum atomic E-state index is 12.1. The highest BCUT2D eigenvalue weighted by Crippen LogP contribution is 2.11. The predicted molar refractivity (Wildman–Crippen MR) is 81.9 cm³/mol. The molecule has 1 N–H and O–H groups in total. The van der Waals surface area contributed by atoms with E-state index in [2.05, 4.69) is 15.6 Å². The molecular weight excluding hydrogens is 304 g/mol. The van der Waals surface area contributed by atoms with Crippen molar-refractivity contribution in [2.45, 2.75) is 25.4 Å². The molecule has 0 aliphatic carbocycles. The number of hydrogen-bond acceptors (Lipinski definition) is 4. The summed E-state index contributed by atoms with van der Waals surface area (Å²) in [5.41, 5.74) is 1.38. The van der Waals surface area contributed by atoms with Crippen LogP contribution in [0.15, 0.2) is 30.5 Å². The van der Waals surface area contributed by atoms with Crippen LogP contribution in [0.1, 0.15) is 28.9 Å². The van der Waals surface area contributed by atoms with Gasteiger partial charge in [0.25, 0.3) is 5.91 Å². The van der Waals surface area contributed by atoms with Gasteiger partial charge in [-0.05, 0) is 30.5 Å². The molecule has 1 amide bonds. The van der Waals surface area contributed by atoms with E-state index in [1.165, 1.54) is 0 Å². The van der Waals surface area contributed by atoms with E-state index in [0.717, 1.165) is 18.4 Å². The van der Waals surface area contributed by atoms with Gasteiger partial charge in [-0.1, -0.05) is 28.9 Å². The average molecular weight is 321 g/mol. The SMILES string of the molecule is O=C(NC1CCOCC1)c1cn(Cc2ccc(Cl)cc2)nn1. The maximum absolute atomic E-state index is 12.1. The molecule has 1 fully saturated rings. The van der Waals surface area contributed by atoms with E-state index < -0.39 is 0 Å². The molecule has 1 aliphatic rings. The molecule has 6 nitrogen and oxygen atoms in total. The molecule has 0 atom stereocenters. The van der Waals surface area contributed by atoms with Crippen LogP contribution < -0.4 is 5.32 Å². The summed E-state index contributed by atoms with van der Waals surface area (Å²) in [4.78, 5) is 12.1. The van der Waals surface area contributed by atoms with Gasteiger partial charge < -0.3 is 10.1 Å². The molecule has 0 radical (unpaired) electrons. The monoisotopic (exact) mass is 320 g/mol. The summed E-state index contributed by atoms with van der Waals surface area (Å²) in [5, 5.41) is 11.6. The largest absolute Gasteiger partial charge is 0.381 e. The minimum Gasteiger partial charge on any atom is -0.381 e. The zero-order valence-corrected chi connectivity index (χ0v) is 12.8. The molecule has 1 aromatic heterocycles. The van der Waals surface area contributed by atoms with E-state index in [1.807, 2.05) is 24.3 Å². The molecule has 0 bridgehead atoms. The minimum absolute atomic E-state index is 0.155. The first-order valence-electron chi connectivity index (χ1n) is 7.24. The Morgan fingerprint density at radius 2 is 2.05 bits per heavy atom. The van der Waals surface area contributed by atoms with Gasteiger partial charge in [0.1, 0.15) is 0 Å². The Balaban J connectivity index is 1.60. The third kappa shape index (κ3) is 3.84. The van der Waals surface area contributed by atoms with Crippen LogP contribution >= 0.6 is 11.6 Å². The van der Waals surface area contributed by atoms with Crippen LogP contribution in [0.4, 0.5) is 0 Å². The van der Waals surface area contributed by atoms with Gasteiger partial charge in [0.05, 0.1) is 12.7 Å². The van der Waals surface area contributed by atoms with Gasteiger partial charge in [-0.15, -0.1) is 5.10 Å². The van der Waals surface area contributed by atoms with Crippen LogP contribution in [-0.4, -0.2) is 40.2 Å². The highest BCUT2D eigenvalue weighted by molar-refractivity contribution is 6.30. The fraction of sp³-hybridized carbons (Fsp3) is 0.400. The van der Waals surface area contributed by atoms with Crippen LogP contribution in [0.25, 0.3) is 0 Å². The minimum atomic E-state index is -0.186. The van der Waals surface area contributed by atoms with Gasteiger partial charge >= 0.3 is 0 Å². The second-order valence-electron chi connectivity index (χ2n) is 5.29. The number of amides is 1. The van der Waals surface area contributed by atoms with Gasteiger partial charge in [0, 0.05) is 24.3 Å². The summed E-state index contributed by atoms with van der Waals surface area (Å²) in [5.74, 6) is -0.186. The van der Waals surface area contributed by atoms with Crippen molar-refractivity contribution < 1.29 is 9.53 Å². The molecule has 0 saturated carbocycles. The number of aromatic nitrogens is 3. The number of benzene rings is 1. The van der Waals surface area contributed by atoms with E-state index in [1.54, 1.807) is 10.9 Å². The molecule has 0 unspecified atom stereocenters. The molecule has 22 heavy (non-hydrogen) atoms. The van der Waals surface area contributed by atoms with Crippen LogP contribution in [0.2, 0.25) is 5.02 Å². The Morgan fingerprint density at radius 3 is 2.77 bits per heavy atom. The van der Waals surface area contributed by atoms with Gasteiger partial charge in [-0.25, -0.2) is 4.68 Å². The lowest BCUT2D eigenvalue weighted by atomic mass is 10.1. The van der Waals surface area contributed by atoms with Crippen LogP contribution in [-0.2, 0) is 11.3 Å². The Morgan fingerprint density at radius 1 is 1.32 bits per heavy atom. The maximum Gasteiger partial charge on any atom is 0.273 e. The average Bonchev–Trinajstić information content (AvgIpc) is 2.99. The highest BCUT2D eigenvalue weighted by atomic mass is 35.5. The quantitative estimate of drug-likeness (QED) is 0.934.